The monoisotopic (exact) mass is 301 g/mol. The Morgan fingerprint density at radius 2 is 2.00 bits per heavy atom. The molecular weight excluding hydrogens is 286 g/mol. The third-order valence-electron chi connectivity index (χ3n) is 3.35. The number of hydrogen-bond acceptors (Lipinski definition) is 6. The Kier molecular flexibility index (Phi) is 3.76. The molecule has 1 N–H and O–H groups in total. The summed E-state index contributed by atoms with van der Waals surface area (Å²) in [5, 5.41) is 20.3. The first-order chi connectivity index (χ1) is 9.22. The number of nitro groups is 1. The lowest BCUT2D eigenvalue weighted by atomic mass is 9.95. The highest BCUT2D eigenvalue weighted by molar-refractivity contribution is 7.89. The van der Waals surface area contributed by atoms with Gasteiger partial charge >= 0.3 is 5.82 Å². The summed E-state index contributed by atoms with van der Waals surface area (Å²) in [5.74, 6) is -0.398. The van der Waals surface area contributed by atoms with E-state index in [0.29, 0.717) is 12.8 Å². The van der Waals surface area contributed by atoms with Crippen LogP contribution in [0, 0.1) is 10.1 Å². The lowest BCUT2D eigenvalue weighted by molar-refractivity contribution is -0.389. The first kappa shape index (κ1) is 14.8. The summed E-state index contributed by atoms with van der Waals surface area (Å²) in [7, 11) is -3.72. The van der Waals surface area contributed by atoms with Gasteiger partial charge < -0.3 is 15.2 Å². The number of hydrogen-bond donors (Lipinski definition) is 1. The van der Waals surface area contributed by atoms with Crippen molar-refractivity contribution in [2.45, 2.75) is 30.3 Å². The van der Waals surface area contributed by atoms with E-state index in [1.54, 1.807) is 6.92 Å². The van der Waals surface area contributed by atoms with Gasteiger partial charge in [-0.25, -0.2) is 8.42 Å². The van der Waals surface area contributed by atoms with Gasteiger partial charge in [-0.1, -0.05) is 0 Å². The average Bonchev–Trinajstić information content (AvgIpc) is 2.38. The lowest BCUT2D eigenvalue weighted by Crippen LogP contribution is -2.45. The van der Waals surface area contributed by atoms with E-state index in [0.717, 1.165) is 12.3 Å². The Labute approximate surface area is 116 Å². The van der Waals surface area contributed by atoms with Crippen LogP contribution in [0.15, 0.2) is 23.2 Å². The van der Waals surface area contributed by atoms with Crippen LogP contribution in [0.2, 0.25) is 0 Å². The Hall–Kier alpha value is -1.58. The van der Waals surface area contributed by atoms with E-state index in [-0.39, 0.29) is 18.0 Å². The first-order valence-corrected chi connectivity index (χ1v) is 7.49. The van der Waals surface area contributed by atoms with E-state index in [1.807, 2.05) is 0 Å². The minimum absolute atomic E-state index is 0.0790. The van der Waals surface area contributed by atoms with Crippen LogP contribution in [0.25, 0.3) is 0 Å². The molecule has 1 aliphatic heterocycles. The molecule has 9 heteroatoms. The Morgan fingerprint density at radius 1 is 1.40 bits per heavy atom. The van der Waals surface area contributed by atoms with Crippen molar-refractivity contribution < 1.29 is 18.4 Å². The topological polar surface area (TPSA) is 114 Å². The zero-order valence-electron chi connectivity index (χ0n) is 10.9. The number of pyridine rings is 1. The Bertz CT molecular complexity index is 601. The van der Waals surface area contributed by atoms with Gasteiger partial charge in [0.1, 0.15) is 4.90 Å². The summed E-state index contributed by atoms with van der Waals surface area (Å²) in [6.45, 7) is 2.10. The Balaban J connectivity index is 2.20. The molecule has 2 heterocycles. The van der Waals surface area contributed by atoms with Gasteiger partial charge in [0, 0.05) is 19.2 Å². The zero-order chi connectivity index (χ0) is 15.0. The molecule has 0 spiro atoms. The summed E-state index contributed by atoms with van der Waals surface area (Å²) in [5.41, 5.74) is -0.847. The fraction of sp³-hybridized carbons (Fsp3) is 0.545. The molecular formula is C11H15N3O5S. The highest BCUT2D eigenvalue weighted by Gasteiger charge is 2.34. The molecule has 1 fully saturated rings. The van der Waals surface area contributed by atoms with Crippen molar-refractivity contribution in [3.05, 3.63) is 28.4 Å². The first-order valence-electron chi connectivity index (χ1n) is 6.05. The van der Waals surface area contributed by atoms with Crippen LogP contribution in [0.3, 0.4) is 0 Å². The van der Waals surface area contributed by atoms with Crippen LogP contribution >= 0.6 is 0 Å². The van der Waals surface area contributed by atoms with Crippen molar-refractivity contribution >= 4 is 15.8 Å². The van der Waals surface area contributed by atoms with E-state index in [1.165, 1.54) is 10.4 Å². The van der Waals surface area contributed by atoms with Gasteiger partial charge in [-0.15, -0.1) is 0 Å². The van der Waals surface area contributed by atoms with E-state index < -0.39 is 26.4 Å². The maximum Gasteiger partial charge on any atom is 0.363 e. The molecule has 8 nitrogen and oxygen atoms in total. The summed E-state index contributed by atoms with van der Waals surface area (Å²) in [6.07, 6.45) is 1.69. The van der Waals surface area contributed by atoms with E-state index in [4.69, 9.17) is 0 Å². The third kappa shape index (κ3) is 2.94. The van der Waals surface area contributed by atoms with Crippen LogP contribution in [-0.4, -0.2) is 46.4 Å². The Morgan fingerprint density at radius 3 is 2.45 bits per heavy atom. The van der Waals surface area contributed by atoms with Crippen LogP contribution in [0.5, 0.6) is 0 Å². The molecule has 0 radical (unpaired) electrons. The van der Waals surface area contributed by atoms with Gasteiger partial charge in [0.2, 0.25) is 10.0 Å². The summed E-state index contributed by atoms with van der Waals surface area (Å²) < 4.78 is 25.9. The van der Waals surface area contributed by atoms with Gasteiger partial charge in [0.05, 0.1) is 5.60 Å². The van der Waals surface area contributed by atoms with Gasteiger partial charge in [-0.05, 0) is 35.7 Å². The van der Waals surface area contributed by atoms with Crippen molar-refractivity contribution in [1.82, 2.24) is 9.29 Å². The molecule has 0 amide bonds. The molecule has 0 saturated carbocycles. The molecule has 1 saturated heterocycles. The molecule has 2 rings (SSSR count). The molecule has 0 unspecified atom stereocenters. The second-order valence-corrected chi connectivity index (χ2v) is 6.95. The summed E-state index contributed by atoms with van der Waals surface area (Å²) in [6, 6.07) is 2.24. The number of aromatic nitrogens is 1. The average molecular weight is 301 g/mol. The molecule has 110 valence electrons. The predicted molar refractivity (Wildman–Crippen MR) is 69.5 cm³/mol. The zero-order valence-corrected chi connectivity index (χ0v) is 11.7. The minimum atomic E-state index is -3.72. The second-order valence-electron chi connectivity index (χ2n) is 5.01. The van der Waals surface area contributed by atoms with Gasteiger partial charge in [0.15, 0.2) is 6.20 Å². The maximum absolute atomic E-state index is 12.3. The van der Waals surface area contributed by atoms with Crippen LogP contribution < -0.4 is 0 Å². The van der Waals surface area contributed by atoms with Crippen LogP contribution in [-0.2, 0) is 10.0 Å². The molecule has 1 aromatic heterocycles. The van der Waals surface area contributed by atoms with Crippen LogP contribution in [0.1, 0.15) is 19.8 Å². The van der Waals surface area contributed by atoms with E-state index in [2.05, 4.69) is 4.98 Å². The number of rotatable bonds is 3. The standard InChI is InChI=1S/C11H15N3O5S/c1-11(15)4-6-13(7-5-11)20(18,19)9-2-3-10(12-8-9)14(16)17/h2-3,8,15H,4-7H2,1H3. The van der Waals surface area contributed by atoms with Crippen molar-refractivity contribution in [2.24, 2.45) is 0 Å². The fourth-order valence-electron chi connectivity index (χ4n) is 1.99. The quantitative estimate of drug-likeness (QED) is 0.643. The lowest BCUT2D eigenvalue weighted by Gasteiger charge is -2.34. The molecule has 0 aromatic carbocycles. The SMILES string of the molecule is CC1(O)CCN(S(=O)(=O)c2ccc([N+](=O)[O-])nc2)CC1. The second kappa shape index (κ2) is 5.08. The number of nitrogens with zero attached hydrogens (tertiary/aromatic N) is 3. The number of piperidine rings is 1. The van der Waals surface area contributed by atoms with Crippen molar-refractivity contribution in [2.75, 3.05) is 13.1 Å². The smallest absolute Gasteiger partial charge is 0.363 e. The van der Waals surface area contributed by atoms with Crippen molar-refractivity contribution in [3.63, 3.8) is 0 Å². The minimum Gasteiger partial charge on any atom is -0.390 e. The molecule has 0 bridgehead atoms. The highest BCUT2D eigenvalue weighted by Crippen LogP contribution is 2.26. The largest absolute Gasteiger partial charge is 0.390 e. The van der Waals surface area contributed by atoms with Gasteiger partial charge in [-0.2, -0.15) is 4.31 Å². The fourth-order valence-corrected chi connectivity index (χ4v) is 3.38. The van der Waals surface area contributed by atoms with Gasteiger partial charge in [-0.3, -0.25) is 0 Å². The molecule has 0 aliphatic carbocycles. The van der Waals surface area contributed by atoms with Gasteiger partial charge in [0.25, 0.3) is 0 Å². The van der Waals surface area contributed by atoms with Crippen LogP contribution in [0.4, 0.5) is 5.82 Å². The predicted octanol–water partition coefficient (Wildman–Crippen LogP) is 0.525. The molecule has 1 aromatic rings. The highest BCUT2D eigenvalue weighted by atomic mass is 32.2. The third-order valence-corrected chi connectivity index (χ3v) is 5.23. The molecule has 1 aliphatic rings. The van der Waals surface area contributed by atoms with E-state index >= 15 is 0 Å². The number of sulfonamides is 1. The molecule has 20 heavy (non-hydrogen) atoms. The normalized spacial score (nSPS) is 19.7. The van der Waals surface area contributed by atoms with Crippen molar-refractivity contribution in [1.29, 1.82) is 0 Å². The number of aliphatic hydroxyl groups is 1. The molecule has 0 atom stereocenters. The summed E-state index contributed by atoms with van der Waals surface area (Å²) in [4.78, 5) is 13.2. The maximum atomic E-state index is 12.3. The summed E-state index contributed by atoms with van der Waals surface area (Å²) >= 11 is 0. The van der Waals surface area contributed by atoms with Crippen molar-refractivity contribution in [3.8, 4) is 0 Å². The van der Waals surface area contributed by atoms with E-state index in [9.17, 15) is 23.6 Å².